The van der Waals surface area contributed by atoms with Gasteiger partial charge < -0.3 is 19.5 Å². The molecule has 8 nitrogen and oxygen atoms in total. The van der Waals surface area contributed by atoms with E-state index >= 15 is 0 Å². The van der Waals surface area contributed by atoms with E-state index in [1.54, 1.807) is 31.4 Å². The number of ether oxygens (including phenoxy) is 3. The predicted molar refractivity (Wildman–Crippen MR) is 135 cm³/mol. The zero-order chi connectivity index (χ0) is 25.0. The molecule has 0 aliphatic carbocycles. The molecule has 2 N–H and O–H groups in total. The fourth-order valence-electron chi connectivity index (χ4n) is 3.22. The molecular formula is C27H29N3O5. The van der Waals surface area contributed by atoms with E-state index in [1.807, 2.05) is 56.3 Å². The molecule has 0 saturated heterocycles. The monoisotopic (exact) mass is 475 g/mol. The standard InChI is InChI=1S/C27H29N3O5/c1-4-34-25-15-21(17-28-30-26(31)16-20-9-7-10-22(14-20)33-3)12-13-24(25)35-18-27(32)29-23-11-6-5-8-19(23)2/h5-15,17H,4,16,18H2,1-3H3,(H,29,32)(H,30,31)/b28-17+. The Morgan fingerprint density at radius 1 is 0.943 bits per heavy atom. The van der Waals surface area contributed by atoms with Crippen LogP contribution in [0.25, 0.3) is 0 Å². The molecule has 0 saturated carbocycles. The van der Waals surface area contributed by atoms with Crippen molar-refractivity contribution in [3.05, 3.63) is 83.4 Å². The smallest absolute Gasteiger partial charge is 0.262 e. The summed E-state index contributed by atoms with van der Waals surface area (Å²) in [5, 5.41) is 6.86. The molecule has 0 aliphatic heterocycles. The van der Waals surface area contributed by atoms with Gasteiger partial charge in [0.25, 0.3) is 5.91 Å². The first kappa shape index (κ1) is 25.3. The van der Waals surface area contributed by atoms with Crippen LogP contribution in [0.4, 0.5) is 5.69 Å². The van der Waals surface area contributed by atoms with Crippen molar-refractivity contribution in [2.24, 2.45) is 5.10 Å². The second-order valence-electron chi connectivity index (χ2n) is 7.61. The summed E-state index contributed by atoms with van der Waals surface area (Å²) in [5.74, 6) is 1.08. The van der Waals surface area contributed by atoms with Gasteiger partial charge in [0.1, 0.15) is 5.75 Å². The summed E-state index contributed by atoms with van der Waals surface area (Å²) < 4.78 is 16.5. The van der Waals surface area contributed by atoms with E-state index in [2.05, 4.69) is 15.8 Å². The molecule has 3 rings (SSSR count). The van der Waals surface area contributed by atoms with E-state index in [-0.39, 0.29) is 24.8 Å². The zero-order valence-corrected chi connectivity index (χ0v) is 20.0. The Morgan fingerprint density at radius 2 is 1.77 bits per heavy atom. The van der Waals surface area contributed by atoms with Crippen LogP contribution in [0.2, 0.25) is 0 Å². The Kier molecular flexibility index (Phi) is 9.24. The minimum atomic E-state index is -0.272. The Labute approximate surface area is 204 Å². The first-order chi connectivity index (χ1) is 17.0. The number of aryl methyl sites for hydroxylation is 1. The molecule has 0 bridgehead atoms. The van der Waals surface area contributed by atoms with Crippen LogP contribution in [0.1, 0.15) is 23.6 Å². The minimum Gasteiger partial charge on any atom is -0.497 e. The fraction of sp³-hybridized carbons (Fsp3) is 0.222. The zero-order valence-electron chi connectivity index (χ0n) is 20.0. The number of rotatable bonds is 11. The van der Waals surface area contributed by atoms with Crippen LogP contribution < -0.4 is 25.0 Å². The Morgan fingerprint density at radius 3 is 2.54 bits per heavy atom. The van der Waals surface area contributed by atoms with E-state index in [0.717, 1.165) is 16.8 Å². The number of anilines is 1. The van der Waals surface area contributed by atoms with E-state index in [4.69, 9.17) is 14.2 Å². The van der Waals surface area contributed by atoms with Crippen LogP contribution in [0.5, 0.6) is 17.2 Å². The SMILES string of the molecule is CCOc1cc(/C=N/NC(=O)Cc2cccc(OC)c2)ccc1OCC(=O)Nc1ccccc1C. The lowest BCUT2D eigenvalue weighted by Crippen LogP contribution is -2.21. The van der Waals surface area contributed by atoms with Crippen LogP contribution >= 0.6 is 0 Å². The van der Waals surface area contributed by atoms with Gasteiger partial charge >= 0.3 is 0 Å². The number of hydrazone groups is 1. The maximum Gasteiger partial charge on any atom is 0.262 e. The fourth-order valence-corrected chi connectivity index (χ4v) is 3.22. The van der Waals surface area contributed by atoms with Crippen molar-refractivity contribution in [1.29, 1.82) is 0 Å². The number of benzene rings is 3. The van der Waals surface area contributed by atoms with Gasteiger partial charge in [0.05, 0.1) is 26.4 Å². The van der Waals surface area contributed by atoms with E-state index in [9.17, 15) is 9.59 Å². The van der Waals surface area contributed by atoms with Crippen molar-refractivity contribution in [1.82, 2.24) is 5.43 Å². The van der Waals surface area contributed by atoms with Gasteiger partial charge in [-0.1, -0.05) is 30.3 Å². The average molecular weight is 476 g/mol. The number of carbonyl (C=O) groups is 2. The minimum absolute atomic E-state index is 0.165. The molecule has 3 aromatic rings. The van der Waals surface area contributed by atoms with Crippen molar-refractivity contribution in [2.45, 2.75) is 20.3 Å². The van der Waals surface area contributed by atoms with Gasteiger partial charge in [-0.2, -0.15) is 5.10 Å². The second-order valence-corrected chi connectivity index (χ2v) is 7.61. The number of nitrogens with one attached hydrogen (secondary N) is 2. The average Bonchev–Trinajstić information content (AvgIpc) is 2.85. The molecule has 2 amide bonds. The normalized spacial score (nSPS) is 10.6. The largest absolute Gasteiger partial charge is 0.497 e. The Hall–Kier alpha value is -4.33. The second kappa shape index (κ2) is 12.8. The van der Waals surface area contributed by atoms with E-state index in [0.29, 0.717) is 29.4 Å². The van der Waals surface area contributed by atoms with E-state index < -0.39 is 0 Å². The lowest BCUT2D eigenvalue weighted by Gasteiger charge is -2.13. The number of hydrogen-bond acceptors (Lipinski definition) is 6. The lowest BCUT2D eigenvalue weighted by molar-refractivity contribution is -0.120. The van der Waals surface area contributed by atoms with Gasteiger partial charge in [-0.25, -0.2) is 5.43 Å². The third kappa shape index (κ3) is 7.89. The molecule has 0 fully saturated rings. The van der Waals surface area contributed by atoms with Gasteiger partial charge in [-0.05, 0) is 66.9 Å². The maximum atomic E-state index is 12.3. The summed E-state index contributed by atoms with van der Waals surface area (Å²) in [6.45, 7) is 4.03. The van der Waals surface area contributed by atoms with E-state index in [1.165, 1.54) is 6.21 Å². The Bertz CT molecular complexity index is 1190. The number of methoxy groups -OCH3 is 1. The number of carbonyl (C=O) groups excluding carboxylic acids is 2. The summed E-state index contributed by atoms with van der Waals surface area (Å²) in [4.78, 5) is 24.5. The molecule has 0 aromatic heterocycles. The number of hydrogen-bond donors (Lipinski definition) is 2. The molecule has 3 aromatic carbocycles. The number of nitrogens with zero attached hydrogens (tertiary/aromatic N) is 1. The predicted octanol–water partition coefficient (Wildman–Crippen LogP) is 4.11. The van der Waals surface area contributed by atoms with Gasteiger partial charge in [0, 0.05) is 5.69 Å². The lowest BCUT2D eigenvalue weighted by atomic mass is 10.1. The summed E-state index contributed by atoms with van der Waals surface area (Å²) in [6, 6.07) is 20.0. The molecule has 0 heterocycles. The number of amides is 2. The topological polar surface area (TPSA) is 98.2 Å². The first-order valence-electron chi connectivity index (χ1n) is 11.2. The quantitative estimate of drug-likeness (QED) is 0.321. The van der Waals surface area contributed by atoms with Crippen molar-refractivity contribution < 1.29 is 23.8 Å². The number of para-hydroxylation sites is 1. The molecular weight excluding hydrogens is 446 g/mol. The van der Waals surface area contributed by atoms with Crippen molar-refractivity contribution in [3.63, 3.8) is 0 Å². The molecule has 0 atom stereocenters. The summed E-state index contributed by atoms with van der Waals surface area (Å²) in [7, 11) is 1.58. The molecule has 0 radical (unpaired) electrons. The first-order valence-corrected chi connectivity index (χ1v) is 11.2. The van der Waals surface area contributed by atoms with Crippen LogP contribution in [0.15, 0.2) is 71.8 Å². The summed E-state index contributed by atoms with van der Waals surface area (Å²) >= 11 is 0. The third-order valence-electron chi connectivity index (χ3n) is 4.95. The molecule has 0 aliphatic rings. The highest BCUT2D eigenvalue weighted by Crippen LogP contribution is 2.28. The highest BCUT2D eigenvalue weighted by molar-refractivity contribution is 5.92. The molecule has 35 heavy (non-hydrogen) atoms. The Balaban J connectivity index is 1.56. The van der Waals surface area contributed by atoms with Gasteiger partial charge in [-0.15, -0.1) is 0 Å². The summed E-state index contributed by atoms with van der Waals surface area (Å²) in [6.07, 6.45) is 1.69. The highest BCUT2D eigenvalue weighted by Gasteiger charge is 2.10. The van der Waals surface area contributed by atoms with Crippen LogP contribution in [-0.4, -0.2) is 38.4 Å². The van der Waals surface area contributed by atoms with Crippen molar-refractivity contribution >= 4 is 23.7 Å². The highest BCUT2D eigenvalue weighted by atomic mass is 16.5. The van der Waals surface area contributed by atoms with Gasteiger partial charge in [-0.3, -0.25) is 9.59 Å². The molecule has 182 valence electrons. The van der Waals surface area contributed by atoms with Crippen molar-refractivity contribution in [3.8, 4) is 17.2 Å². The van der Waals surface area contributed by atoms with Gasteiger partial charge in [0.2, 0.25) is 5.91 Å². The van der Waals surface area contributed by atoms with Crippen LogP contribution in [0, 0.1) is 6.92 Å². The van der Waals surface area contributed by atoms with Crippen molar-refractivity contribution in [2.75, 3.05) is 25.6 Å². The van der Waals surface area contributed by atoms with Crippen LogP contribution in [0.3, 0.4) is 0 Å². The van der Waals surface area contributed by atoms with Gasteiger partial charge in [0.15, 0.2) is 18.1 Å². The molecule has 0 unspecified atom stereocenters. The summed E-state index contributed by atoms with van der Waals surface area (Å²) in [5.41, 5.74) is 5.75. The third-order valence-corrected chi connectivity index (χ3v) is 4.95. The van der Waals surface area contributed by atoms with Crippen LogP contribution in [-0.2, 0) is 16.0 Å². The maximum absolute atomic E-state index is 12.3. The molecule has 0 spiro atoms. The molecule has 8 heteroatoms.